The molecule has 0 radical (unpaired) electrons. The van der Waals surface area contributed by atoms with Crippen LogP contribution in [-0.2, 0) is 25.9 Å². The van der Waals surface area contributed by atoms with E-state index in [1.54, 1.807) is 6.92 Å². The lowest BCUT2D eigenvalue weighted by molar-refractivity contribution is -0.150. The van der Waals surface area contributed by atoms with Gasteiger partial charge in [0.25, 0.3) is 0 Å². The molecule has 1 unspecified atom stereocenters. The van der Waals surface area contributed by atoms with Gasteiger partial charge in [0, 0.05) is 32.0 Å². The van der Waals surface area contributed by atoms with Crippen LogP contribution in [0.25, 0.3) is 0 Å². The molecule has 8 heteroatoms. The predicted octanol–water partition coefficient (Wildman–Crippen LogP) is 0.166. The molecule has 0 amide bonds. The number of sulfone groups is 1. The SMILES string of the molecule is CCOC(CCn1cc(S(C)(=O)=O)cn1)C(=O)O. The molecule has 1 heterocycles. The van der Waals surface area contributed by atoms with Gasteiger partial charge in [-0.1, -0.05) is 0 Å². The van der Waals surface area contributed by atoms with Gasteiger partial charge in [-0.3, -0.25) is 4.68 Å². The summed E-state index contributed by atoms with van der Waals surface area (Å²) >= 11 is 0. The van der Waals surface area contributed by atoms with Gasteiger partial charge in [-0.05, 0) is 6.92 Å². The lowest BCUT2D eigenvalue weighted by Crippen LogP contribution is -2.25. The highest BCUT2D eigenvalue weighted by Gasteiger charge is 2.18. The van der Waals surface area contributed by atoms with E-state index in [-0.39, 0.29) is 17.9 Å². The summed E-state index contributed by atoms with van der Waals surface area (Å²) < 4.78 is 28.9. The first kappa shape index (κ1) is 14.7. The minimum atomic E-state index is -3.28. The average molecular weight is 276 g/mol. The molecule has 0 spiro atoms. The van der Waals surface area contributed by atoms with Crippen LogP contribution in [0, 0.1) is 0 Å². The van der Waals surface area contributed by atoms with Crippen LogP contribution in [0.15, 0.2) is 17.3 Å². The lowest BCUT2D eigenvalue weighted by Gasteiger charge is -2.11. The van der Waals surface area contributed by atoms with Gasteiger partial charge in [0.15, 0.2) is 15.9 Å². The molecule has 0 aliphatic heterocycles. The molecule has 1 aromatic rings. The van der Waals surface area contributed by atoms with Crippen molar-refractivity contribution in [2.45, 2.75) is 30.9 Å². The van der Waals surface area contributed by atoms with Crippen molar-refractivity contribution in [2.75, 3.05) is 12.9 Å². The molecule has 7 nitrogen and oxygen atoms in total. The predicted molar refractivity (Wildman–Crippen MR) is 63.0 cm³/mol. The highest BCUT2D eigenvalue weighted by Crippen LogP contribution is 2.08. The van der Waals surface area contributed by atoms with Crippen LogP contribution in [-0.4, -0.2) is 48.2 Å². The van der Waals surface area contributed by atoms with Crippen LogP contribution in [0.1, 0.15) is 13.3 Å². The highest BCUT2D eigenvalue weighted by atomic mass is 32.2. The van der Waals surface area contributed by atoms with Crippen LogP contribution in [0.3, 0.4) is 0 Å². The zero-order valence-corrected chi connectivity index (χ0v) is 11.1. The second kappa shape index (κ2) is 5.96. The second-order valence-corrected chi connectivity index (χ2v) is 5.80. The molecule has 1 N–H and O–H groups in total. The van der Waals surface area contributed by atoms with E-state index in [0.29, 0.717) is 6.61 Å². The molecule has 0 aliphatic rings. The van der Waals surface area contributed by atoms with Gasteiger partial charge in [0.1, 0.15) is 4.90 Å². The standard InChI is InChI=1S/C10H16N2O5S/c1-3-17-9(10(13)14)4-5-12-7-8(6-11-12)18(2,15)16/h6-7,9H,3-5H2,1-2H3,(H,13,14). The first-order valence-electron chi connectivity index (χ1n) is 5.41. The Kier molecular flexibility index (Phi) is 4.85. The summed E-state index contributed by atoms with van der Waals surface area (Å²) in [6, 6.07) is 0. The number of rotatable bonds is 7. The number of carboxylic acids is 1. The number of aryl methyl sites for hydroxylation is 1. The summed E-state index contributed by atoms with van der Waals surface area (Å²) in [5.41, 5.74) is 0. The van der Waals surface area contributed by atoms with E-state index in [0.717, 1.165) is 6.26 Å². The first-order valence-corrected chi connectivity index (χ1v) is 7.30. The lowest BCUT2D eigenvalue weighted by atomic mass is 10.2. The summed E-state index contributed by atoms with van der Waals surface area (Å²) in [5.74, 6) is -1.03. The number of aromatic nitrogens is 2. The van der Waals surface area contributed by atoms with Crippen LogP contribution in [0.5, 0.6) is 0 Å². The summed E-state index contributed by atoms with van der Waals surface area (Å²) in [5, 5.41) is 12.7. The Labute approximate surface area is 105 Å². The Hall–Kier alpha value is -1.41. The van der Waals surface area contributed by atoms with Gasteiger partial charge in [-0.25, -0.2) is 13.2 Å². The topological polar surface area (TPSA) is 98.5 Å². The van der Waals surface area contributed by atoms with Crippen molar-refractivity contribution in [3.8, 4) is 0 Å². The molecular weight excluding hydrogens is 260 g/mol. The zero-order chi connectivity index (χ0) is 13.8. The molecule has 0 saturated carbocycles. The van der Waals surface area contributed by atoms with Crippen molar-refractivity contribution in [3.63, 3.8) is 0 Å². The van der Waals surface area contributed by atoms with Crippen molar-refractivity contribution in [1.29, 1.82) is 0 Å². The Morgan fingerprint density at radius 1 is 1.61 bits per heavy atom. The number of ether oxygens (including phenoxy) is 1. The highest BCUT2D eigenvalue weighted by molar-refractivity contribution is 7.90. The van der Waals surface area contributed by atoms with Crippen molar-refractivity contribution in [1.82, 2.24) is 9.78 Å². The molecule has 102 valence electrons. The fourth-order valence-corrected chi connectivity index (χ4v) is 1.94. The van der Waals surface area contributed by atoms with E-state index >= 15 is 0 Å². The van der Waals surface area contributed by atoms with Crippen molar-refractivity contribution in [3.05, 3.63) is 12.4 Å². The molecule has 0 aromatic carbocycles. The Morgan fingerprint density at radius 2 is 2.28 bits per heavy atom. The second-order valence-electron chi connectivity index (χ2n) is 3.78. The number of hydrogen-bond donors (Lipinski definition) is 1. The molecule has 0 fully saturated rings. The van der Waals surface area contributed by atoms with Crippen molar-refractivity contribution in [2.24, 2.45) is 0 Å². The summed E-state index contributed by atoms with van der Waals surface area (Å²) in [4.78, 5) is 10.9. The van der Waals surface area contributed by atoms with Crippen LogP contribution < -0.4 is 0 Å². The Morgan fingerprint density at radius 3 is 2.72 bits per heavy atom. The molecule has 0 aliphatic carbocycles. The minimum Gasteiger partial charge on any atom is -0.479 e. The third-order valence-corrected chi connectivity index (χ3v) is 3.37. The van der Waals surface area contributed by atoms with E-state index in [1.807, 2.05) is 0 Å². The molecule has 1 atom stereocenters. The number of aliphatic carboxylic acids is 1. The van der Waals surface area contributed by atoms with E-state index in [9.17, 15) is 13.2 Å². The van der Waals surface area contributed by atoms with E-state index < -0.39 is 21.9 Å². The number of nitrogens with zero attached hydrogens (tertiary/aromatic N) is 2. The third kappa shape index (κ3) is 4.11. The average Bonchev–Trinajstić information content (AvgIpc) is 2.71. The molecule has 1 aromatic heterocycles. The first-order chi connectivity index (χ1) is 8.34. The number of carboxylic acid groups (broad SMARTS) is 1. The van der Waals surface area contributed by atoms with Gasteiger partial charge in [-0.15, -0.1) is 0 Å². The molecule has 1 rings (SSSR count). The van der Waals surface area contributed by atoms with Gasteiger partial charge < -0.3 is 9.84 Å². The normalized spacial score (nSPS) is 13.4. The van der Waals surface area contributed by atoms with Gasteiger partial charge in [0.05, 0.1) is 6.20 Å². The molecule has 0 saturated heterocycles. The largest absolute Gasteiger partial charge is 0.479 e. The zero-order valence-electron chi connectivity index (χ0n) is 10.2. The minimum absolute atomic E-state index is 0.116. The van der Waals surface area contributed by atoms with Crippen LogP contribution >= 0.6 is 0 Å². The van der Waals surface area contributed by atoms with Crippen molar-refractivity contribution < 1.29 is 23.1 Å². The van der Waals surface area contributed by atoms with Crippen LogP contribution in [0.4, 0.5) is 0 Å². The smallest absolute Gasteiger partial charge is 0.332 e. The maximum atomic E-state index is 11.2. The van der Waals surface area contributed by atoms with E-state index in [2.05, 4.69) is 5.10 Å². The molecule has 18 heavy (non-hydrogen) atoms. The third-order valence-electron chi connectivity index (χ3n) is 2.30. The summed E-state index contributed by atoms with van der Waals surface area (Å²) in [6.45, 7) is 2.31. The van der Waals surface area contributed by atoms with E-state index in [4.69, 9.17) is 9.84 Å². The van der Waals surface area contributed by atoms with Gasteiger partial charge in [-0.2, -0.15) is 5.10 Å². The summed E-state index contributed by atoms with van der Waals surface area (Å²) in [7, 11) is -3.28. The fourth-order valence-electron chi connectivity index (χ4n) is 1.39. The van der Waals surface area contributed by atoms with Gasteiger partial charge >= 0.3 is 5.97 Å². The maximum absolute atomic E-state index is 11.2. The monoisotopic (exact) mass is 276 g/mol. The Bertz CT molecular complexity index is 508. The Balaban J connectivity index is 2.63. The number of carbonyl (C=O) groups is 1. The maximum Gasteiger partial charge on any atom is 0.332 e. The van der Waals surface area contributed by atoms with Gasteiger partial charge in [0.2, 0.25) is 0 Å². The summed E-state index contributed by atoms with van der Waals surface area (Å²) in [6.07, 6.45) is 3.04. The van der Waals surface area contributed by atoms with E-state index in [1.165, 1.54) is 17.1 Å². The molecular formula is C10H16N2O5S. The quantitative estimate of drug-likeness (QED) is 0.762. The van der Waals surface area contributed by atoms with Crippen molar-refractivity contribution >= 4 is 15.8 Å². The van der Waals surface area contributed by atoms with Crippen LogP contribution in [0.2, 0.25) is 0 Å². The fraction of sp³-hybridized carbons (Fsp3) is 0.600. The molecule has 0 bridgehead atoms. The number of hydrogen-bond acceptors (Lipinski definition) is 5.